The van der Waals surface area contributed by atoms with E-state index in [1.165, 1.54) is 5.56 Å². The maximum atomic E-state index is 12.5. The van der Waals surface area contributed by atoms with Crippen molar-refractivity contribution in [3.05, 3.63) is 48.0 Å². The molecule has 1 aromatic rings. The topological polar surface area (TPSA) is 26.3 Å². The first-order chi connectivity index (χ1) is 12.3. The lowest BCUT2D eigenvalue weighted by molar-refractivity contribution is -0.120. The molecule has 0 saturated heterocycles. The lowest BCUT2D eigenvalue weighted by Gasteiger charge is -2.46. The molecule has 0 radical (unpaired) electrons. The molecule has 0 spiro atoms. The number of benzene rings is 1. The Morgan fingerprint density at radius 2 is 1.50 bits per heavy atom. The number of hydrogen-bond donors (Lipinski definition) is 0. The van der Waals surface area contributed by atoms with Gasteiger partial charge < -0.3 is 4.43 Å². The Balaban J connectivity index is 2.44. The summed E-state index contributed by atoms with van der Waals surface area (Å²) in [6, 6.07) is 10.6. The molecule has 0 saturated carbocycles. The SMILES string of the molecule is CC(C)[Si](OC1CC(=O)C/C=C\CC1c1ccccc1)(C(C)C)C(C)C. The van der Waals surface area contributed by atoms with Crippen LogP contribution in [0.2, 0.25) is 16.6 Å². The summed E-state index contributed by atoms with van der Waals surface area (Å²) in [5, 5.41) is 0. The Morgan fingerprint density at radius 1 is 0.923 bits per heavy atom. The molecule has 0 heterocycles. The summed E-state index contributed by atoms with van der Waals surface area (Å²) in [7, 11) is -2.03. The number of Topliss-reactive ketones (excluding diaryl/α,β-unsaturated/α-hetero) is 1. The fourth-order valence-corrected chi connectivity index (χ4v) is 10.5. The van der Waals surface area contributed by atoms with E-state index in [9.17, 15) is 4.79 Å². The van der Waals surface area contributed by atoms with E-state index in [-0.39, 0.29) is 12.0 Å². The lowest BCUT2D eigenvalue weighted by atomic mass is 9.86. The van der Waals surface area contributed by atoms with Gasteiger partial charge in [0.1, 0.15) is 5.78 Å². The van der Waals surface area contributed by atoms with Gasteiger partial charge in [-0.15, -0.1) is 0 Å². The van der Waals surface area contributed by atoms with Crippen molar-refractivity contribution < 1.29 is 9.22 Å². The van der Waals surface area contributed by atoms with Crippen LogP contribution in [-0.4, -0.2) is 20.2 Å². The first-order valence-electron chi connectivity index (χ1n) is 10.2. The maximum absolute atomic E-state index is 12.5. The smallest absolute Gasteiger partial charge is 0.200 e. The van der Waals surface area contributed by atoms with Crippen LogP contribution in [0.1, 0.15) is 72.3 Å². The Labute approximate surface area is 161 Å². The normalized spacial score (nSPS) is 23.3. The van der Waals surface area contributed by atoms with Crippen LogP contribution in [0, 0.1) is 0 Å². The average molecular weight is 373 g/mol. The third-order valence-corrected chi connectivity index (χ3v) is 12.2. The zero-order chi connectivity index (χ0) is 19.3. The molecular formula is C23H36O2Si. The first kappa shape index (κ1) is 21.1. The molecule has 2 atom stereocenters. The predicted octanol–water partition coefficient (Wildman–Crippen LogP) is 6.64. The van der Waals surface area contributed by atoms with Crippen LogP contribution in [0.4, 0.5) is 0 Å². The molecule has 1 aromatic carbocycles. The molecule has 0 aliphatic heterocycles. The summed E-state index contributed by atoms with van der Waals surface area (Å²) in [4.78, 5) is 12.5. The van der Waals surface area contributed by atoms with Crippen LogP contribution < -0.4 is 0 Å². The van der Waals surface area contributed by atoms with Gasteiger partial charge in [0.05, 0.1) is 6.10 Å². The van der Waals surface area contributed by atoms with Crippen LogP contribution in [0.25, 0.3) is 0 Å². The van der Waals surface area contributed by atoms with Crippen LogP contribution >= 0.6 is 0 Å². The van der Waals surface area contributed by atoms with E-state index in [1.807, 2.05) is 6.08 Å². The zero-order valence-electron chi connectivity index (χ0n) is 17.4. The van der Waals surface area contributed by atoms with E-state index in [0.717, 1.165) is 6.42 Å². The predicted molar refractivity (Wildman–Crippen MR) is 113 cm³/mol. The van der Waals surface area contributed by atoms with Gasteiger partial charge in [0, 0.05) is 18.8 Å². The second-order valence-electron chi connectivity index (χ2n) is 8.65. The molecular weight excluding hydrogens is 336 g/mol. The number of hydrogen-bond acceptors (Lipinski definition) is 2. The summed E-state index contributed by atoms with van der Waals surface area (Å²) in [5.41, 5.74) is 2.86. The minimum atomic E-state index is -2.03. The third-order valence-electron chi connectivity index (χ3n) is 6.07. The van der Waals surface area contributed by atoms with E-state index >= 15 is 0 Å². The highest BCUT2D eigenvalue weighted by Crippen LogP contribution is 2.45. The minimum absolute atomic E-state index is 0.0197. The number of allylic oxidation sites excluding steroid dienone is 2. The van der Waals surface area contributed by atoms with Crippen LogP contribution in [0.15, 0.2) is 42.5 Å². The third kappa shape index (κ3) is 4.55. The average Bonchev–Trinajstić information content (AvgIpc) is 2.56. The fourth-order valence-electron chi connectivity index (χ4n) is 4.90. The maximum Gasteiger partial charge on any atom is 0.200 e. The van der Waals surface area contributed by atoms with Gasteiger partial charge in [-0.1, -0.05) is 84.0 Å². The second kappa shape index (κ2) is 9.14. The summed E-state index contributed by atoms with van der Waals surface area (Å²) in [6.45, 7) is 13.9. The van der Waals surface area contributed by atoms with Crippen LogP contribution in [0.3, 0.4) is 0 Å². The van der Waals surface area contributed by atoms with Crippen molar-refractivity contribution in [2.24, 2.45) is 0 Å². The van der Waals surface area contributed by atoms with Crippen molar-refractivity contribution in [3.8, 4) is 0 Å². The van der Waals surface area contributed by atoms with Gasteiger partial charge in [0.15, 0.2) is 0 Å². The fraction of sp³-hybridized carbons (Fsp3) is 0.609. The van der Waals surface area contributed by atoms with Crippen molar-refractivity contribution >= 4 is 14.1 Å². The second-order valence-corrected chi connectivity index (χ2v) is 14.1. The standard InChI is InChI=1S/C23H36O2Si/c1-17(2)26(18(3)4,19(5)6)25-23-16-21(24)14-10-11-15-22(23)20-12-8-7-9-13-20/h7-13,17-19,22-23H,14-16H2,1-6H3/b11-10-. The number of ketones is 1. The molecule has 1 aliphatic rings. The van der Waals surface area contributed by atoms with Crippen LogP contribution in [-0.2, 0) is 9.22 Å². The van der Waals surface area contributed by atoms with Crippen molar-refractivity contribution in [2.45, 2.75) is 89.5 Å². The molecule has 26 heavy (non-hydrogen) atoms. The van der Waals surface area contributed by atoms with E-state index < -0.39 is 8.32 Å². The number of carbonyl (C=O) groups excluding carboxylic acids is 1. The quantitative estimate of drug-likeness (QED) is 0.413. The van der Waals surface area contributed by atoms with E-state index in [0.29, 0.717) is 35.2 Å². The minimum Gasteiger partial charge on any atom is -0.412 e. The molecule has 0 amide bonds. The molecule has 2 nitrogen and oxygen atoms in total. The molecule has 0 N–H and O–H groups in total. The van der Waals surface area contributed by atoms with E-state index in [4.69, 9.17) is 4.43 Å². The Kier molecular flexibility index (Phi) is 7.42. The largest absolute Gasteiger partial charge is 0.412 e. The van der Waals surface area contributed by atoms with Gasteiger partial charge in [-0.2, -0.15) is 0 Å². The monoisotopic (exact) mass is 372 g/mol. The molecule has 1 aliphatic carbocycles. The Hall–Kier alpha value is -1.19. The van der Waals surface area contributed by atoms with E-state index in [1.54, 1.807) is 0 Å². The zero-order valence-corrected chi connectivity index (χ0v) is 18.4. The molecule has 2 unspecified atom stereocenters. The highest BCUT2D eigenvalue weighted by molar-refractivity contribution is 6.77. The van der Waals surface area contributed by atoms with Crippen LogP contribution in [0.5, 0.6) is 0 Å². The Morgan fingerprint density at radius 3 is 2.04 bits per heavy atom. The number of carbonyl (C=O) groups is 1. The van der Waals surface area contributed by atoms with Crippen molar-refractivity contribution in [1.82, 2.24) is 0 Å². The highest BCUT2D eigenvalue weighted by atomic mass is 28.4. The van der Waals surface area contributed by atoms with E-state index in [2.05, 4.69) is 78.0 Å². The molecule has 0 aromatic heterocycles. The van der Waals surface area contributed by atoms with Crippen molar-refractivity contribution in [1.29, 1.82) is 0 Å². The van der Waals surface area contributed by atoms with Gasteiger partial charge in [0.25, 0.3) is 0 Å². The summed E-state index contributed by atoms with van der Waals surface area (Å²) in [6.07, 6.45) is 6.21. The number of rotatable bonds is 6. The lowest BCUT2D eigenvalue weighted by Crippen LogP contribution is -2.51. The molecule has 2 rings (SSSR count). The van der Waals surface area contributed by atoms with Crippen molar-refractivity contribution in [3.63, 3.8) is 0 Å². The van der Waals surface area contributed by atoms with Gasteiger partial charge in [0.2, 0.25) is 8.32 Å². The van der Waals surface area contributed by atoms with Gasteiger partial charge in [-0.05, 0) is 28.6 Å². The van der Waals surface area contributed by atoms with Gasteiger partial charge >= 0.3 is 0 Å². The molecule has 3 heteroatoms. The summed E-state index contributed by atoms with van der Waals surface area (Å²) in [5.74, 6) is 0.547. The molecule has 0 fully saturated rings. The summed E-state index contributed by atoms with van der Waals surface area (Å²) < 4.78 is 7.12. The molecule has 144 valence electrons. The Bertz CT molecular complexity index is 582. The molecule has 0 bridgehead atoms. The summed E-state index contributed by atoms with van der Waals surface area (Å²) >= 11 is 0. The van der Waals surface area contributed by atoms with Gasteiger partial charge in [-0.25, -0.2) is 0 Å². The van der Waals surface area contributed by atoms with Gasteiger partial charge in [-0.3, -0.25) is 4.79 Å². The first-order valence-corrected chi connectivity index (χ1v) is 12.3. The highest BCUT2D eigenvalue weighted by Gasteiger charge is 2.47. The van der Waals surface area contributed by atoms with Crippen molar-refractivity contribution in [2.75, 3.05) is 0 Å².